The molecular formula is C11H12ClNO2. The Kier molecular flexibility index (Phi) is 2.67. The van der Waals surface area contributed by atoms with Gasteiger partial charge >= 0.3 is 0 Å². The van der Waals surface area contributed by atoms with Gasteiger partial charge in [-0.1, -0.05) is 17.7 Å². The van der Waals surface area contributed by atoms with Gasteiger partial charge in [0, 0.05) is 10.7 Å². The second-order valence-corrected chi connectivity index (χ2v) is 4.20. The standard InChI is InChI=1S/C11H12ClNO2/c1-7-2-3-8(4-10(7)12)13-6-9(14)5-11(13)15/h2-4,9,14H,5-6H2,1H3. The van der Waals surface area contributed by atoms with E-state index in [0.717, 1.165) is 11.3 Å². The van der Waals surface area contributed by atoms with Crippen LogP contribution >= 0.6 is 11.6 Å². The topological polar surface area (TPSA) is 40.5 Å². The van der Waals surface area contributed by atoms with Crippen molar-refractivity contribution in [2.45, 2.75) is 19.4 Å². The molecule has 80 valence electrons. The summed E-state index contributed by atoms with van der Waals surface area (Å²) >= 11 is 5.98. The molecule has 1 aromatic carbocycles. The summed E-state index contributed by atoms with van der Waals surface area (Å²) in [4.78, 5) is 13.1. The maximum absolute atomic E-state index is 11.5. The summed E-state index contributed by atoms with van der Waals surface area (Å²) in [6.07, 6.45) is -0.358. The van der Waals surface area contributed by atoms with Crippen LogP contribution in [0.25, 0.3) is 0 Å². The summed E-state index contributed by atoms with van der Waals surface area (Å²) < 4.78 is 0. The molecule has 0 radical (unpaired) electrons. The van der Waals surface area contributed by atoms with Gasteiger partial charge < -0.3 is 10.0 Å². The van der Waals surface area contributed by atoms with E-state index in [2.05, 4.69) is 0 Å². The fourth-order valence-electron chi connectivity index (χ4n) is 1.69. The Labute approximate surface area is 93.3 Å². The van der Waals surface area contributed by atoms with Crippen LogP contribution < -0.4 is 4.90 Å². The maximum atomic E-state index is 11.5. The van der Waals surface area contributed by atoms with Crippen LogP contribution in [0.4, 0.5) is 5.69 Å². The molecule has 1 aromatic rings. The van der Waals surface area contributed by atoms with Gasteiger partial charge in [-0.3, -0.25) is 4.79 Å². The van der Waals surface area contributed by atoms with Crippen molar-refractivity contribution in [2.75, 3.05) is 11.4 Å². The van der Waals surface area contributed by atoms with Gasteiger partial charge in [0.05, 0.1) is 19.1 Å². The summed E-state index contributed by atoms with van der Waals surface area (Å²) in [7, 11) is 0. The number of aryl methyl sites for hydroxylation is 1. The van der Waals surface area contributed by atoms with Crippen molar-refractivity contribution < 1.29 is 9.90 Å². The third kappa shape index (κ3) is 1.98. The molecule has 1 fully saturated rings. The van der Waals surface area contributed by atoms with Crippen LogP contribution in [0, 0.1) is 6.92 Å². The van der Waals surface area contributed by atoms with Crippen LogP contribution in [0.1, 0.15) is 12.0 Å². The van der Waals surface area contributed by atoms with Crippen LogP contribution in [-0.4, -0.2) is 23.7 Å². The second kappa shape index (κ2) is 3.83. The maximum Gasteiger partial charge on any atom is 0.229 e. The molecule has 0 spiro atoms. The first-order chi connectivity index (χ1) is 7.08. The van der Waals surface area contributed by atoms with Crippen LogP contribution in [-0.2, 0) is 4.79 Å². The largest absolute Gasteiger partial charge is 0.391 e. The van der Waals surface area contributed by atoms with Crippen LogP contribution in [0.15, 0.2) is 18.2 Å². The predicted molar refractivity (Wildman–Crippen MR) is 59.2 cm³/mol. The van der Waals surface area contributed by atoms with Gasteiger partial charge in [0.15, 0.2) is 0 Å². The van der Waals surface area contributed by atoms with E-state index in [9.17, 15) is 9.90 Å². The van der Waals surface area contributed by atoms with E-state index < -0.39 is 6.10 Å². The van der Waals surface area contributed by atoms with E-state index in [4.69, 9.17) is 11.6 Å². The average Bonchev–Trinajstić information content (AvgIpc) is 2.50. The first-order valence-corrected chi connectivity index (χ1v) is 5.20. The Hall–Kier alpha value is -1.06. The van der Waals surface area contributed by atoms with Crippen molar-refractivity contribution in [3.63, 3.8) is 0 Å². The Morgan fingerprint density at radius 2 is 2.27 bits per heavy atom. The number of hydrogen-bond acceptors (Lipinski definition) is 2. The highest BCUT2D eigenvalue weighted by atomic mass is 35.5. The van der Waals surface area contributed by atoms with Crippen molar-refractivity contribution in [2.24, 2.45) is 0 Å². The Morgan fingerprint density at radius 3 is 2.80 bits per heavy atom. The smallest absolute Gasteiger partial charge is 0.229 e. The lowest BCUT2D eigenvalue weighted by Crippen LogP contribution is -2.25. The third-order valence-corrected chi connectivity index (χ3v) is 2.98. The molecule has 0 aromatic heterocycles. The minimum atomic E-state index is -0.558. The number of amides is 1. The molecule has 1 heterocycles. The zero-order valence-corrected chi connectivity index (χ0v) is 9.16. The third-order valence-electron chi connectivity index (χ3n) is 2.57. The molecule has 0 saturated carbocycles. The lowest BCUT2D eigenvalue weighted by molar-refractivity contribution is -0.117. The lowest BCUT2D eigenvalue weighted by atomic mass is 10.2. The molecule has 4 heteroatoms. The predicted octanol–water partition coefficient (Wildman–Crippen LogP) is 1.75. The highest BCUT2D eigenvalue weighted by Gasteiger charge is 2.29. The van der Waals surface area contributed by atoms with E-state index >= 15 is 0 Å². The van der Waals surface area contributed by atoms with E-state index in [1.807, 2.05) is 19.1 Å². The molecule has 3 nitrogen and oxygen atoms in total. The number of anilines is 1. The molecule has 0 aliphatic carbocycles. The molecule has 1 aliphatic heterocycles. The summed E-state index contributed by atoms with van der Waals surface area (Å²) in [6.45, 7) is 2.27. The van der Waals surface area contributed by atoms with E-state index in [0.29, 0.717) is 11.6 Å². The molecule has 2 rings (SSSR count). The number of carbonyl (C=O) groups is 1. The van der Waals surface area contributed by atoms with Crippen LogP contribution in [0.3, 0.4) is 0 Å². The van der Waals surface area contributed by atoms with Crippen molar-refractivity contribution in [3.8, 4) is 0 Å². The van der Waals surface area contributed by atoms with Gasteiger partial charge in [-0.15, -0.1) is 0 Å². The van der Waals surface area contributed by atoms with E-state index in [1.54, 1.807) is 11.0 Å². The number of benzene rings is 1. The monoisotopic (exact) mass is 225 g/mol. The highest BCUT2D eigenvalue weighted by Crippen LogP contribution is 2.26. The van der Waals surface area contributed by atoms with Crippen LogP contribution in [0.5, 0.6) is 0 Å². The Balaban J connectivity index is 2.30. The van der Waals surface area contributed by atoms with E-state index in [-0.39, 0.29) is 12.3 Å². The molecule has 0 bridgehead atoms. The van der Waals surface area contributed by atoms with Gasteiger partial charge in [0.1, 0.15) is 0 Å². The average molecular weight is 226 g/mol. The van der Waals surface area contributed by atoms with E-state index in [1.165, 1.54) is 0 Å². The number of halogens is 1. The molecule has 1 amide bonds. The number of hydrogen-bond donors (Lipinski definition) is 1. The first kappa shape index (κ1) is 10.5. The SMILES string of the molecule is Cc1ccc(N2CC(O)CC2=O)cc1Cl. The van der Waals surface area contributed by atoms with Crippen molar-refractivity contribution in [3.05, 3.63) is 28.8 Å². The fraction of sp³-hybridized carbons (Fsp3) is 0.364. The van der Waals surface area contributed by atoms with Crippen molar-refractivity contribution >= 4 is 23.2 Å². The molecule has 15 heavy (non-hydrogen) atoms. The van der Waals surface area contributed by atoms with Gasteiger partial charge in [-0.2, -0.15) is 0 Å². The summed E-state index contributed by atoms with van der Waals surface area (Å²) in [6, 6.07) is 5.47. The van der Waals surface area contributed by atoms with Crippen LogP contribution in [0.2, 0.25) is 5.02 Å². The number of rotatable bonds is 1. The van der Waals surface area contributed by atoms with Gasteiger partial charge in [0.2, 0.25) is 5.91 Å². The number of aliphatic hydroxyl groups is 1. The number of nitrogens with zero attached hydrogens (tertiary/aromatic N) is 1. The lowest BCUT2D eigenvalue weighted by Gasteiger charge is -2.16. The van der Waals surface area contributed by atoms with Gasteiger partial charge in [-0.25, -0.2) is 0 Å². The molecule has 1 atom stereocenters. The number of aliphatic hydroxyl groups excluding tert-OH is 1. The Morgan fingerprint density at radius 1 is 1.53 bits per heavy atom. The zero-order valence-electron chi connectivity index (χ0n) is 8.40. The van der Waals surface area contributed by atoms with Crippen molar-refractivity contribution in [1.82, 2.24) is 0 Å². The fourth-order valence-corrected chi connectivity index (χ4v) is 1.86. The first-order valence-electron chi connectivity index (χ1n) is 4.82. The molecule has 1 aliphatic rings. The van der Waals surface area contributed by atoms with Crippen molar-refractivity contribution in [1.29, 1.82) is 0 Å². The zero-order chi connectivity index (χ0) is 11.0. The minimum Gasteiger partial charge on any atom is -0.391 e. The number of β-amino-alcohol motifs (C(OH)–C–C–N with tert-alkyl or cyclic N) is 1. The summed E-state index contributed by atoms with van der Waals surface area (Å²) in [5.41, 5.74) is 1.74. The summed E-state index contributed by atoms with van der Waals surface area (Å²) in [5.74, 6) is -0.0533. The molecule has 1 unspecified atom stereocenters. The number of carbonyl (C=O) groups excluding carboxylic acids is 1. The summed E-state index contributed by atoms with van der Waals surface area (Å²) in [5, 5.41) is 10.0. The Bertz CT molecular complexity index is 406. The van der Waals surface area contributed by atoms with Gasteiger partial charge in [-0.05, 0) is 24.6 Å². The molecular weight excluding hydrogens is 214 g/mol. The van der Waals surface area contributed by atoms with Gasteiger partial charge in [0.25, 0.3) is 0 Å². The molecule has 1 saturated heterocycles. The quantitative estimate of drug-likeness (QED) is 0.791. The molecule has 1 N–H and O–H groups in total. The second-order valence-electron chi connectivity index (χ2n) is 3.80. The normalized spacial score (nSPS) is 21.1. The highest BCUT2D eigenvalue weighted by molar-refractivity contribution is 6.31. The minimum absolute atomic E-state index is 0.0533.